The first-order valence-electron chi connectivity index (χ1n) is 22.6. The third-order valence-corrected chi connectivity index (χ3v) is 11.1. The van der Waals surface area contributed by atoms with Gasteiger partial charge in [0.1, 0.15) is 52.8 Å². The molecule has 1 fully saturated rings. The van der Waals surface area contributed by atoms with E-state index >= 15 is 0 Å². The number of hydrogen-bond donors (Lipinski definition) is 3. The van der Waals surface area contributed by atoms with Gasteiger partial charge in [0.05, 0.1) is 66.2 Å². The second-order valence-corrected chi connectivity index (χ2v) is 17.2. The zero-order valence-corrected chi connectivity index (χ0v) is 44.0. The number of anilines is 7. The van der Waals surface area contributed by atoms with Crippen molar-refractivity contribution in [2.24, 2.45) is 0 Å². The Morgan fingerprint density at radius 1 is 0.622 bits per heavy atom. The van der Waals surface area contributed by atoms with Gasteiger partial charge in [-0.15, -0.1) is 0 Å². The van der Waals surface area contributed by atoms with E-state index in [0.29, 0.717) is 73.8 Å². The zero-order valence-electron chi connectivity index (χ0n) is 42.5. The van der Waals surface area contributed by atoms with Crippen LogP contribution in [0.3, 0.4) is 0 Å². The molecule has 0 atom stereocenters. The van der Waals surface area contributed by atoms with Gasteiger partial charge in [-0.05, 0) is 71.4 Å². The maximum atomic E-state index is 11.8. The molecule has 0 aliphatic carbocycles. The molecule has 4 N–H and O–H groups in total. The number of nitrogens with one attached hydrogen (secondary N) is 2. The number of aromatic nitrogens is 6. The molecule has 0 amide bonds. The molecular weight excluding hydrogens is 1000 g/mol. The molecule has 3 heterocycles. The van der Waals surface area contributed by atoms with Gasteiger partial charge in [0.2, 0.25) is 11.9 Å². The molecule has 1 saturated heterocycles. The van der Waals surface area contributed by atoms with E-state index in [2.05, 4.69) is 50.3 Å². The van der Waals surface area contributed by atoms with Gasteiger partial charge in [0, 0.05) is 83.8 Å². The lowest BCUT2D eigenvalue weighted by Gasteiger charge is -2.24. The first-order chi connectivity index (χ1) is 35.0. The van der Waals surface area contributed by atoms with Crippen LogP contribution in [-0.4, -0.2) is 155 Å². The summed E-state index contributed by atoms with van der Waals surface area (Å²) in [4.78, 5) is 44.2. The van der Waals surface area contributed by atoms with Crippen molar-refractivity contribution in [3.8, 4) is 46.5 Å². The summed E-state index contributed by atoms with van der Waals surface area (Å²) in [6.45, 7) is 5.03. The summed E-state index contributed by atoms with van der Waals surface area (Å²) in [5, 5.41) is 18.8. The van der Waals surface area contributed by atoms with Gasteiger partial charge in [0.25, 0.3) is 5.69 Å². The fourth-order valence-electron chi connectivity index (χ4n) is 6.55. The molecule has 74 heavy (non-hydrogen) atoms. The standard InChI is InChI=1S/C22H26ClN7O5.C22H28ClN7O3.C4H8O.CH4/c1-28(2)8-9-29(3)17-12-20(34-5)16(11-18(17)30(31)32)26-21-24-13-25-22(27-21)35-14-6-7-15(23)19(10-14)33-4;1-29(2)8-9-30(3)18-12-20(32-5)17(11-16(18)24)27-21-25-13-26-22(28-21)33-14-6-7-15(23)19(10-14)31-4;1-2-4-5-3-1;/h6-7,10-13H,8-9H2,1-5H3,(H,24,25,26,27);6-7,10-13H,8-9,24H2,1-5H3,(H,25,26,27,28);1-4H2;1H4. The Morgan fingerprint density at radius 2 is 1.05 bits per heavy atom. The average molecular weight is 1070 g/mol. The van der Waals surface area contributed by atoms with Crippen LogP contribution < -0.4 is 54.6 Å². The molecular formula is C49H66Cl2N14O9. The van der Waals surface area contributed by atoms with Gasteiger partial charge < -0.3 is 69.1 Å². The van der Waals surface area contributed by atoms with E-state index in [1.165, 1.54) is 52.9 Å². The number of likely N-dealkylation sites (N-methyl/N-ethyl adjacent to an activating group) is 4. The van der Waals surface area contributed by atoms with Crippen LogP contribution in [-0.2, 0) is 4.74 Å². The van der Waals surface area contributed by atoms with Crippen molar-refractivity contribution in [1.29, 1.82) is 0 Å². The predicted molar refractivity (Wildman–Crippen MR) is 290 cm³/mol. The van der Waals surface area contributed by atoms with Crippen molar-refractivity contribution >= 4 is 69.2 Å². The maximum absolute atomic E-state index is 11.8. The van der Waals surface area contributed by atoms with Crippen molar-refractivity contribution in [1.82, 2.24) is 39.7 Å². The molecule has 7 rings (SSSR count). The van der Waals surface area contributed by atoms with Gasteiger partial charge >= 0.3 is 12.0 Å². The molecule has 0 bridgehead atoms. The third-order valence-electron chi connectivity index (χ3n) is 10.5. The molecule has 2 aromatic heterocycles. The van der Waals surface area contributed by atoms with Crippen LogP contribution in [0.4, 0.5) is 46.0 Å². The van der Waals surface area contributed by atoms with E-state index in [1.807, 2.05) is 46.2 Å². The molecule has 6 aromatic rings. The fourth-order valence-corrected chi connectivity index (χ4v) is 6.94. The number of halogens is 2. The highest BCUT2D eigenvalue weighted by Crippen LogP contribution is 2.40. The summed E-state index contributed by atoms with van der Waals surface area (Å²) in [5.41, 5.74) is 9.06. The quantitative estimate of drug-likeness (QED) is 0.0345. The minimum Gasteiger partial charge on any atom is -0.495 e. The highest BCUT2D eigenvalue weighted by atomic mass is 35.5. The number of hydrogen-bond acceptors (Lipinski definition) is 22. The SMILES string of the molecule is C.C1CCOC1.COc1cc(Oc2ncnc(Nc3cc(N)c(N(C)CCN(C)C)cc3OC)n2)ccc1Cl.COc1cc(Oc2ncnc(Nc3cc([N+](=O)[O-])c(N(C)CCN(C)C)cc3OC)n2)ccc1Cl. The van der Waals surface area contributed by atoms with Gasteiger partial charge in [0.15, 0.2) is 0 Å². The van der Waals surface area contributed by atoms with Crippen LogP contribution in [0, 0.1) is 10.1 Å². The predicted octanol–water partition coefficient (Wildman–Crippen LogP) is 9.08. The first-order valence-corrected chi connectivity index (χ1v) is 23.4. The Bertz CT molecular complexity index is 2730. The lowest BCUT2D eigenvalue weighted by atomic mass is 10.2. The summed E-state index contributed by atoms with van der Waals surface area (Å²) in [6.07, 6.45) is 5.15. The topological polar surface area (TPSA) is 248 Å². The van der Waals surface area contributed by atoms with E-state index < -0.39 is 4.92 Å². The number of nitro benzene ring substituents is 1. The summed E-state index contributed by atoms with van der Waals surface area (Å²) in [5.74, 6) is 3.15. The van der Waals surface area contributed by atoms with Crippen LogP contribution in [0.25, 0.3) is 0 Å². The Labute approximate surface area is 442 Å². The van der Waals surface area contributed by atoms with Crippen molar-refractivity contribution in [2.75, 3.05) is 136 Å². The second kappa shape index (κ2) is 29.3. The van der Waals surface area contributed by atoms with Crippen molar-refractivity contribution in [3.05, 3.63) is 93.5 Å². The maximum Gasteiger partial charge on any atom is 0.326 e. The van der Waals surface area contributed by atoms with Gasteiger partial charge in [-0.25, -0.2) is 9.97 Å². The summed E-state index contributed by atoms with van der Waals surface area (Å²) < 4.78 is 37.8. The highest BCUT2D eigenvalue weighted by molar-refractivity contribution is 6.32. The second-order valence-electron chi connectivity index (χ2n) is 16.4. The molecule has 25 heteroatoms. The number of nitrogen functional groups attached to an aromatic ring is 1. The minimum absolute atomic E-state index is 0. The Balaban J connectivity index is 0.000000289. The van der Waals surface area contributed by atoms with Crippen LogP contribution in [0.15, 0.2) is 73.3 Å². The number of nitrogens with zero attached hydrogens (tertiary/aromatic N) is 11. The van der Waals surface area contributed by atoms with E-state index in [0.717, 1.165) is 38.5 Å². The molecule has 1 aliphatic rings. The van der Waals surface area contributed by atoms with E-state index in [-0.39, 0.29) is 37.0 Å². The van der Waals surface area contributed by atoms with Gasteiger partial charge in [-0.1, -0.05) is 30.6 Å². The Hall–Kier alpha value is -7.44. The Kier molecular flexibility index (Phi) is 23.4. The number of nitro groups is 1. The number of nitrogens with two attached hydrogens (primary N) is 1. The summed E-state index contributed by atoms with van der Waals surface area (Å²) in [6, 6.07) is 16.6. The highest BCUT2D eigenvalue weighted by Gasteiger charge is 2.23. The summed E-state index contributed by atoms with van der Waals surface area (Å²) >= 11 is 12.1. The fraction of sp³-hybridized carbons (Fsp3) is 0.388. The lowest BCUT2D eigenvalue weighted by Crippen LogP contribution is -2.29. The number of benzene rings is 4. The summed E-state index contributed by atoms with van der Waals surface area (Å²) in [7, 11) is 17.8. The van der Waals surface area contributed by atoms with Crippen LogP contribution in [0.2, 0.25) is 10.0 Å². The smallest absolute Gasteiger partial charge is 0.326 e. The van der Waals surface area contributed by atoms with Crippen LogP contribution in [0.1, 0.15) is 20.3 Å². The van der Waals surface area contributed by atoms with Crippen molar-refractivity contribution in [3.63, 3.8) is 0 Å². The van der Waals surface area contributed by atoms with E-state index in [4.69, 9.17) is 62.1 Å². The Morgan fingerprint density at radius 3 is 1.46 bits per heavy atom. The molecule has 400 valence electrons. The average Bonchev–Trinajstić information content (AvgIpc) is 3.97. The van der Waals surface area contributed by atoms with Crippen molar-refractivity contribution < 1.29 is 38.1 Å². The minimum atomic E-state index is -0.442. The van der Waals surface area contributed by atoms with Crippen LogP contribution >= 0.6 is 23.2 Å². The number of ether oxygens (including phenoxy) is 7. The van der Waals surface area contributed by atoms with Crippen LogP contribution in [0.5, 0.6) is 46.5 Å². The van der Waals surface area contributed by atoms with Gasteiger partial charge in [-0.2, -0.15) is 19.9 Å². The molecule has 1 aliphatic heterocycles. The number of methoxy groups -OCH3 is 4. The molecule has 0 saturated carbocycles. The number of rotatable bonds is 21. The molecule has 0 unspecified atom stereocenters. The molecule has 23 nitrogen and oxygen atoms in total. The third kappa shape index (κ3) is 17.7. The van der Waals surface area contributed by atoms with Crippen molar-refractivity contribution in [2.45, 2.75) is 20.3 Å². The van der Waals surface area contributed by atoms with Gasteiger partial charge in [-0.3, -0.25) is 10.1 Å². The van der Waals surface area contributed by atoms with E-state index in [1.54, 1.807) is 67.6 Å². The monoisotopic (exact) mass is 1060 g/mol. The zero-order chi connectivity index (χ0) is 53.0. The van der Waals surface area contributed by atoms with E-state index in [9.17, 15) is 10.1 Å². The lowest BCUT2D eigenvalue weighted by molar-refractivity contribution is -0.384. The largest absolute Gasteiger partial charge is 0.495 e. The normalized spacial score (nSPS) is 11.5. The molecule has 4 aromatic carbocycles. The first kappa shape index (κ1) is 59.1. The molecule has 0 spiro atoms. The molecule has 0 radical (unpaired) electrons.